The Kier molecular flexibility index (Phi) is 6.98. The first kappa shape index (κ1) is 21.5. The molecule has 0 bridgehead atoms. The van der Waals surface area contributed by atoms with Crippen LogP contribution in [0, 0.1) is 18.3 Å². The molecule has 0 spiro atoms. The van der Waals surface area contributed by atoms with Crippen molar-refractivity contribution in [1.82, 2.24) is 4.57 Å². The number of azo groups is 2. The largest absolute Gasteiger partial charge is 0.493 e. The second-order valence-corrected chi connectivity index (χ2v) is 6.57. The van der Waals surface area contributed by atoms with Crippen LogP contribution in [0.25, 0.3) is 0 Å². The molecule has 0 radical (unpaired) electrons. The van der Waals surface area contributed by atoms with Crippen LogP contribution in [-0.4, -0.2) is 21.4 Å². The molecule has 9 heteroatoms. The van der Waals surface area contributed by atoms with Crippen molar-refractivity contribution in [2.45, 2.75) is 19.9 Å². The molecule has 0 unspecified atom stereocenters. The first-order chi connectivity index (χ1) is 15.0. The fraction of sp³-hybridized carbons (Fsp3) is 0.182. The number of rotatable bonds is 7. The fourth-order valence-corrected chi connectivity index (χ4v) is 2.80. The summed E-state index contributed by atoms with van der Waals surface area (Å²) in [6.45, 7) is 1.42. The molecule has 0 aliphatic rings. The number of aliphatic hydroxyl groups is 1. The van der Waals surface area contributed by atoms with E-state index in [2.05, 4.69) is 20.5 Å². The van der Waals surface area contributed by atoms with Crippen molar-refractivity contribution < 1.29 is 10.2 Å². The number of nitrogens with zero attached hydrogens (tertiary/aromatic N) is 6. The molecule has 1 heterocycles. The summed E-state index contributed by atoms with van der Waals surface area (Å²) in [6.07, 6.45) is 0.247. The molecule has 0 atom stereocenters. The van der Waals surface area contributed by atoms with Gasteiger partial charge in [0.2, 0.25) is 5.88 Å². The smallest absolute Gasteiger partial charge is 0.281 e. The van der Waals surface area contributed by atoms with Crippen LogP contribution in [0.2, 0.25) is 0 Å². The van der Waals surface area contributed by atoms with Gasteiger partial charge in [-0.25, -0.2) is 0 Å². The maximum Gasteiger partial charge on any atom is 0.281 e. The van der Waals surface area contributed by atoms with Crippen LogP contribution in [0.5, 0.6) is 5.88 Å². The van der Waals surface area contributed by atoms with Gasteiger partial charge >= 0.3 is 0 Å². The van der Waals surface area contributed by atoms with E-state index in [0.29, 0.717) is 11.4 Å². The molecule has 0 fully saturated rings. The molecule has 0 aliphatic heterocycles. The van der Waals surface area contributed by atoms with Gasteiger partial charge in [-0.2, -0.15) is 20.6 Å². The summed E-state index contributed by atoms with van der Waals surface area (Å²) >= 11 is 0. The molecule has 3 rings (SSSR count). The average Bonchev–Trinajstić information content (AvgIpc) is 2.79. The van der Waals surface area contributed by atoms with Gasteiger partial charge in [-0.3, -0.25) is 9.36 Å². The monoisotopic (exact) mass is 416 g/mol. The van der Waals surface area contributed by atoms with E-state index in [-0.39, 0.29) is 36.4 Å². The number of hydrogen-bond acceptors (Lipinski definition) is 8. The lowest BCUT2D eigenvalue weighted by molar-refractivity contribution is 0.274. The number of aliphatic hydroxyl groups excluding tert-OH is 1. The lowest BCUT2D eigenvalue weighted by Gasteiger charge is -2.12. The van der Waals surface area contributed by atoms with E-state index in [1.165, 1.54) is 6.92 Å². The van der Waals surface area contributed by atoms with E-state index >= 15 is 0 Å². The maximum atomic E-state index is 12.7. The quantitative estimate of drug-likeness (QED) is 0.527. The molecular formula is C22H20N6O3. The Balaban J connectivity index is 1.87. The van der Waals surface area contributed by atoms with Crippen LogP contribution in [0.3, 0.4) is 0 Å². The third-order valence-electron chi connectivity index (χ3n) is 4.46. The highest BCUT2D eigenvalue weighted by Crippen LogP contribution is 2.28. The Hall–Kier alpha value is -4.16. The summed E-state index contributed by atoms with van der Waals surface area (Å²) in [6, 6.07) is 18.0. The van der Waals surface area contributed by atoms with Gasteiger partial charge in [0, 0.05) is 18.7 Å². The molecule has 31 heavy (non-hydrogen) atoms. The molecule has 3 aromatic rings. The number of benzene rings is 2. The highest BCUT2D eigenvalue weighted by Gasteiger charge is 2.18. The number of pyridine rings is 1. The number of aromatic nitrogens is 1. The van der Waals surface area contributed by atoms with Gasteiger partial charge in [0.05, 0.1) is 17.1 Å². The molecular weight excluding hydrogens is 396 g/mol. The fourth-order valence-electron chi connectivity index (χ4n) is 2.80. The second kappa shape index (κ2) is 10.0. The van der Waals surface area contributed by atoms with E-state index in [1.807, 2.05) is 36.4 Å². The minimum Gasteiger partial charge on any atom is -0.493 e. The summed E-state index contributed by atoms with van der Waals surface area (Å²) in [5, 5.41) is 45.0. The van der Waals surface area contributed by atoms with Crippen molar-refractivity contribution in [1.29, 1.82) is 5.26 Å². The average molecular weight is 416 g/mol. The molecule has 0 aliphatic carbocycles. The standard InChI is InChI=1S/C22H20N6O3/c1-15-19(14-23)21(30)28(12-5-13-29)22(31)20(15)27-26-18-10-8-17(9-11-18)25-24-16-6-3-2-4-7-16/h2-4,6-11,29-30H,5,12-13H2,1H3. The zero-order chi connectivity index (χ0) is 22.2. The van der Waals surface area contributed by atoms with Crippen molar-refractivity contribution >= 4 is 22.7 Å². The molecule has 1 aromatic heterocycles. The van der Waals surface area contributed by atoms with Gasteiger partial charge in [0.1, 0.15) is 11.6 Å². The van der Waals surface area contributed by atoms with E-state index in [1.54, 1.807) is 24.3 Å². The van der Waals surface area contributed by atoms with Crippen LogP contribution in [0.4, 0.5) is 22.7 Å². The zero-order valence-corrected chi connectivity index (χ0v) is 16.8. The first-order valence-electron chi connectivity index (χ1n) is 9.51. The lowest BCUT2D eigenvalue weighted by Crippen LogP contribution is -2.22. The molecule has 2 N–H and O–H groups in total. The Morgan fingerprint density at radius 1 is 0.935 bits per heavy atom. The predicted octanol–water partition coefficient (Wildman–Crippen LogP) is 4.95. The number of nitriles is 1. The highest BCUT2D eigenvalue weighted by molar-refractivity contribution is 5.57. The Bertz CT molecular complexity index is 1210. The van der Waals surface area contributed by atoms with E-state index in [0.717, 1.165) is 10.3 Å². The zero-order valence-electron chi connectivity index (χ0n) is 16.8. The first-order valence-corrected chi connectivity index (χ1v) is 9.51. The van der Waals surface area contributed by atoms with Gasteiger partial charge in [-0.05, 0) is 49.7 Å². The summed E-state index contributed by atoms with van der Waals surface area (Å²) in [5.41, 5.74) is 1.40. The Morgan fingerprint density at radius 3 is 2.03 bits per heavy atom. The number of hydrogen-bond donors (Lipinski definition) is 2. The van der Waals surface area contributed by atoms with Crippen molar-refractivity contribution in [3.05, 3.63) is 76.1 Å². The highest BCUT2D eigenvalue weighted by atomic mass is 16.3. The summed E-state index contributed by atoms with van der Waals surface area (Å²) in [7, 11) is 0. The van der Waals surface area contributed by atoms with Crippen molar-refractivity contribution in [2.24, 2.45) is 20.5 Å². The molecule has 0 amide bonds. The lowest BCUT2D eigenvalue weighted by atomic mass is 10.1. The second-order valence-electron chi connectivity index (χ2n) is 6.57. The van der Waals surface area contributed by atoms with E-state index < -0.39 is 11.4 Å². The van der Waals surface area contributed by atoms with Crippen LogP contribution in [0.1, 0.15) is 17.5 Å². The van der Waals surface area contributed by atoms with Crippen LogP contribution in [-0.2, 0) is 6.54 Å². The van der Waals surface area contributed by atoms with E-state index in [4.69, 9.17) is 5.11 Å². The summed E-state index contributed by atoms with van der Waals surface area (Å²) in [5.74, 6) is -0.439. The molecule has 9 nitrogen and oxygen atoms in total. The van der Waals surface area contributed by atoms with Crippen molar-refractivity contribution in [3.63, 3.8) is 0 Å². The number of aromatic hydroxyl groups is 1. The third-order valence-corrected chi connectivity index (χ3v) is 4.46. The maximum absolute atomic E-state index is 12.7. The molecule has 0 saturated heterocycles. The Labute approximate surface area is 178 Å². The van der Waals surface area contributed by atoms with Crippen LogP contribution >= 0.6 is 0 Å². The van der Waals surface area contributed by atoms with Gasteiger partial charge < -0.3 is 10.2 Å². The van der Waals surface area contributed by atoms with Gasteiger partial charge in [-0.1, -0.05) is 18.2 Å². The van der Waals surface area contributed by atoms with Gasteiger partial charge in [-0.15, -0.1) is 5.11 Å². The van der Waals surface area contributed by atoms with Crippen LogP contribution < -0.4 is 5.56 Å². The summed E-state index contributed by atoms with van der Waals surface area (Å²) in [4.78, 5) is 12.7. The van der Waals surface area contributed by atoms with Gasteiger partial charge in [0.25, 0.3) is 5.56 Å². The predicted molar refractivity (Wildman–Crippen MR) is 115 cm³/mol. The van der Waals surface area contributed by atoms with Crippen molar-refractivity contribution in [3.8, 4) is 11.9 Å². The summed E-state index contributed by atoms with van der Waals surface area (Å²) < 4.78 is 1.02. The normalized spacial score (nSPS) is 11.3. The molecule has 2 aromatic carbocycles. The van der Waals surface area contributed by atoms with Crippen LogP contribution in [0.15, 0.2) is 79.8 Å². The van der Waals surface area contributed by atoms with Gasteiger partial charge in [0.15, 0.2) is 5.69 Å². The molecule has 156 valence electrons. The SMILES string of the molecule is Cc1c(C#N)c(O)n(CCCO)c(=O)c1N=Nc1ccc(N=Nc2ccccc2)cc1. The molecule has 0 saturated carbocycles. The Morgan fingerprint density at radius 2 is 1.48 bits per heavy atom. The topological polar surface area (TPSA) is 136 Å². The minimum absolute atomic E-state index is 0.0415. The van der Waals surface area contributed by atoms with E-state index in [9.17, 15) is 15.2 Å². The minimum atomic E-state index is -0.584. The van der Waals surface area contributed by atoms with Crippen molar-refractivity contribution in [2.75, 3.05) is 6.61 Å². The third kappa shape index (κ3) is 5.07.